The molecule has 0 fully saturated rings. The third kappa shape index (κ3) is 4.14. The van der Waals surface area contributed by atoms with E-state index in [2.05, 4.69) is 5.32 Å². The van der Waals surface area contributed by atoms with Crippen LogP contribution in [0, 0.1) is 11.3 Å². The molecule has 0 saturated carbocycles. The fourth-order valence-electron chi connectivity index (χ4n) is 3.61. The maximum Gasteiger partial charge on any atom is 0.282 e. The number of imide groups is 1. The molecular weight excluding hydrogens is 434 g/mol. The summed E-state index contributed by atoms with van der Waals surface area (Å²) in [5, 5.41) is 12.2. The van der Waals surface area contributed by atoms with E-state index in [9.17, 15) is 9.59 Å². The summed E-state index contributed by atoms with van der Waals surface area (Å²) in [6.07, 6.45) is 0. The van der Waals surface area contributed by atoms with E-state index in [-0.39, 0.29) is 11.3 Å². The Labute approximate surface area is 196 Å². The Hall–Kier alpha value is -4.77. The zero-order valence-electron chi connectivity index (χ0n) is 18.8. The number of anilines is 2. The van der Waals surface area contributed by atoms with Crippen molar-refractivity contribution in [1.29, 1.82) is 5.26 Å². The molecule has 2 amide bonds. The van der Waals surface area contributed by atoms with Gasteiger partial charge in [0, 0.05) is 23.9 Å². The summed E-state index contributed by atoms with van der Waals surface area (Å²) in [6.45, 7) is 0. The van der Waals surface area contributed by atoms with Gasteiger partial charge in [-0.05, 0) is 42.0 Å². The molecule has 0 radical (unpaired) electrons. The number of benzene rings is 3. The Morgan fingerprint density at radius 1 is 0.765 bits per heavy atom. The molecule has 0 atom stereocenters. The monoisotopic (exact) mass is 455 g/mol. The lowest BCUT2D eigenvalue weighted by Gasteiger charge is -2.16. The number of methoxy groups -OCH3 is 3. The SMILES string of the molecule is COc1ccc(C2=C(Nc3cc(OC)cc(OC)c3)C(=O)N(c3ccc(C#N)cc3)C2=O)cc1. The molecule has 1 N–H and O–H groups in total. The number of nitriles is 1. The summed E-state index contributed by atoms with van der Waals surface area (Å²) < 4.78 is 15.9. The molecule has 4 rings (SSSR count). The Balaban J connectivity index is 1.81. The average molecular weight is 455 g/mol. The topological polar surface area (TPSA) is 101 Å². The zero-order valence-corrected chi connectivity index (χ0v) is 18.8. The van der Waals surface area contributed by atoms with Crippen LogP contribution >= 0.6 is 0 Å². The van der Waals surface area contributed by atoms with Crippen LogP contribution in [0.5, 0.6) is 17.2 Å². The molecule has 170 valence electrons. The van der Waals surface area contributed by atoms with Crippen molar-refractivity contribution in [3.8, 4) is 23.3 Å². The minimum absolute atomic E-state index is 0.106. The summed E-state index contributed by atoms with van der Waals surface area (Å²) in [4.78, 5) is 28.1. The van der Waals surface area contributed by atoms with Crippen molar-refractivity contribution in [3.05, 3.63) is 83.6 Å². The third-order valence-corrected chi connectivity index (χ3v) is 5.34. The van der Waals surface area contributed by atoms with Gasteiger partial charge in [-0.3, -0.25) is 9.59 Å². The highest BCUT2D eigenvalue weighted by Crippen LogP contribution is 2.35. The Kier molecular flexibility index (Phi) is 6.19. The molecule has 1 heterocycles. The number of nitrogens with one attached hydrogen (secondary N) is 1. The van der Waals surface area contributed by atoms with Gasteiger partial charge in [-0.1, -0.05) is 12.1 Å². The first-order valence-corrected chi connectivity index (χ1v) is 10.3. The van der Waals surface area contributed by atoms with Crippen LogP contribution < -0.4 is 24.4 Å². The van der Waals surface area contributed by atoms with Gasteiger partial charge in [0.05, 0.1) is 44.2 Å². The van der Waals surface area contributed by atoms with E-state index in [0.29, 0.717) is 39.8 Å². The summed E-state index contributed by atoms with van der Waals surface area (Å²) in [7, 11) is 4.60. The first-order valence-electron chi connectivity index (χ1n) is 10.3. The van der Waals surface area contributed by atoms with Crippen molar-refractivity contribution in [3.63, 3.8) is 0 Å². The molecule has 1 aliphatic rings. The minimum atomic E-state index is -0.526. The number of ether oxygens (including phenoxy) is 3. The van der Waals surface area contributed by atoms with Gasteiger partial charge in [0.2, 0.25) is 0 Å². The molecule has 0 aliphatic carbocycles. The Bertz CT molecular complexity index is 1300. The maximum absolute atomic E-state index is 13.5. The van der Waals surface area contributed by atoms with Gasteiger partial charge in [-0.15, -0.1) is 0 Å². The van der Waals surface area contributed by atoms with Gasteiger partial charge in [-0.2, -0.15) is 5.26 Å². The van der Waals surface area contributed by atoms with E-state index in [1.165, 1.54) is 14.2 Å². The molecule has 0 spiro atoms. The van der Waals surface area contributed by atoms with Gasteiger partial charge in [0.25, 0.3) is 11.8 Å². The lowest BCUT2D eigenvalue weighted by molar-refractivity contribution is -0.120. The highest BCUT2D eigenvalue weighted by molar-refractivity contribution is 6.46. The quantitative estimate of drug-likeness (QED) is 0.538. The van der Waals surface area contributed by atoms with Gasteiger partial charge < -0.3 is 19.5 Å². The Morgan fingerprint density at radius 2 is 1.35 bits per heavy atom. The lowest BCUT2D eigenvalue weighted by Crippen LogP contribution is -2.32. The number of hydrogen-bond donors (Lipinski definition) is 1. The standard InChI is InChI=1S/C26H21N3O5/c1-32-20-10-6-17(7-11-20)23-24(28-18-12-21(33-2)14-22(13-18)34-3)26(31)29(25(23)30)19-8-4-16(15-27)5-9-19/h4-14,28H,1-3H3. The van der Waals surface area contributed by atoms with Gasteiger partial charge >= 0.3 is 0 Å². The molecule has 3 aromatic rings. The molecule has 0 saturated heterocycles. The summed E-state index contributed by atoms with van der Waals surface area (Å²) in [5.41, 5.74) is 2.16. The molecule has 0 unspecified atom stereocenters. The van der Waals surface area contributed by atoms with Crippen LogP contribution in [-0.2, 0) is 9.59 Å². The van der Waals surface area contributed by atoms with Gasteiger partial charge in [0.1, 0.15) is 22.9 Å². The molecule has 8 nitrogen and oxygen atoms in total. The smallest absolute Gasteiger partial charge is 0.282 e. The number of carbonyl (C=O) groups is 2. The molecular formula is C26H21N3O5. The molecule has 3 aromatic carbocycles. The van der Waals surface area contributed by atoms with E-state index in [1.807, 2.05) is 6.07 Å². The second-order valence-electron chi connectivity index (χ2n) is 7.31. The maximum atomic E-state index is 13.5. The van der Waals surface area contributed by atoms with Crippen molar-refractivity contribution in [2.24, 2.45) is 0 Å². The van der Waals surface area contributed by atoms with Crippen molar-refractivity contribution in [1.82, 2.24) is 0 Å². The van der Waals surface area contributed by atoms with Crippen LogP contribution in [-0.4, -0.2) is 33.1 Å². The van der Waals surface area contributed by atoms with E-state index in [0.717, 1.165) is 4.90 Å². The van der Waals surface area contributed by atoms with Crippen LogP contribution in [0.1, 0.15) is 11.1 Å². The van der Waals surface area contributed by atoms with Crippen LogP contribution in [0.3, 0.4) is 0 Å². The summed E-state index contributed by atoms with van der Waals surface area (Å²) >= 11 is 0. The van der Waals surface area contributed by atoms with Crippen molar-refractivity contribution < 1.29 is 23.8 Å². The van der Waals surface area contributed by atoms with Crippen molar-refractivity contribution >= 4 is 28.8 Å². The van der Waals surface area contributed by atoms with Crippen LogP contribution in [0.2, 0.25) is 0 Å². The number of carbonyl (C=O) groups excluding carboxylic acids is 2. The van der Waals surface area contributed by atoms with Crippen LogP contribution in [0.4, 0.5) is 11.4 Å². The number of hydrogen-bond acceptors (Lipinski definition) is 7. The fourth-order valence-corrected chi connectivity index (χ4v) is 3.61. The number of amides is 2. The van der Waals surface area contributed by atoms with E-state index < -0.39 is 11.8 Å². The van der Waals surface area contributed by atoms with Gasteiger partial charge in [-0.25, -0.2) is 4.90 Å². The second kappa shape index (κ2) is 9.38. The normalized spacial score (nSPS) is 13.1. The van der Waals surface area contributed by atoms with Crippen LogP contribution in [0.15, 0.2) is 72.4 Å². The molecule has 0 bridgehead atoms. The largest absolute Gasteiger partial charge is 0.497 e. The molecule has 0 aromatic heterocycles. The van der Waals surface area contributed by atoms with Crippen LogP contribution in [0.25, 0.3) is 5.57 Å². The average Bonchev–Trinajstić information content (AvgIpc) is 3.12. The second-order valence-corrected chi connectivity index (χ2v) is 7.31. The highest BCUT2D eigenvalue weighted by Gasteiger charge is 2.40. The van der Waals surface area contributed by atoms with E-state index in [4.69, 9.17) is 19.5 Å². The first kappa shape index (κ1) is 22.4. The fraction of sp³-hybridized carbons (Fsp3) is 0.115. The summed E-state index contributed by atoms with van der Waals surface area (Å²) in [6, 6.07) is 20.2. The van der Waals surface area contributed by atoms with E-state index in [1.54, 1.807) is 73.8 Å². The highest BCUT2D eigenvalue weighted by atomic mass is 16.5. The molecule has 34 heavy (non-hydrogen) atoms. The summed E-state index contributed by atoms with van der Waals surface area (Å²) in [5.74, 6) is 0.653. The van der Waals surface area contributed by atoms with Gasteiger partial charge in [0.15, 0.2) is 0 Å². The predicted octanol–water partition coefficient (Wildman–Crippen LogP) is 3.98. The minimum Gasteiger partial charge on any atom is -0.497 e. The predicted molar refractivity (Wildman–Crippen MR) is 127 cm³/mol. The zero-order chi connectivity index (χ0) is 24.2. The lowest BCUT2D eigenvalue weighted by atomic mass is 10.0. The first-order chi connectivity index (χ1) is 16.5. The van der Waals surface area contributed by atoms with Crippen molar-refractivity contribution in [2.75, 3.05) is 31.5 Å². The molecule has 8 heteroatoms. The number of nitrogens with zero attached hydrogens (tertiary/aromatic N) is 2. The number of rotatable bonds is 7. The molecule has 1 aliphatic heterocycles. The van der Waals surface area contributed by atoms with E-state index >= 15 is 0 Å². The third-order valence-electron chi connectivity index (χ3n) is 5.34. The Morgan fingerprint density at radius 3 is 1.88 bits per heavy atom. The van der Waals surface area contributed by atoms with Crippen molar-refractivity contribution in [2.45, 2.75) is 0 Å².